The van der Waals surface area contributed by atoms with Crippen LogP contribution >= 0.6 is 11.6 Å². The van der Waals surface area contributed by atoms with E-state index in [1.54, 1.807) is 24.3 Å². The lowest BCUT2D eigenvalue weighted by Gasteiger charge is -2.28. The third-order valence-electron chi connectivity index (χ3n) is 4.70. The quantitative estimate of drug-likeness (QED) is 0.600. The Morgan fingerprint density at radius 2 is 1.54 bits per heavy atom. The van der Waals surface area contributed by atoms with E-state index in [4.69, 9.17) is 25.8 Å². The molecule has 1 aliphatic rings. The van der Waals surface area contributed by atoms with Gasteiger partial charge in [-0.15, -0.1) is 0 Å². The lowest BCUT2D eigenvalue weighted by Crippen LogP contribution is -2.43. The van der Waals surface area contributed by atoms with E-state index in [1.165, 1.54) is 14.2 Å². The van der Waals surface area contributed by atoms with Crippen molar-refractivity contribution < 1.29 is 23.8 Å². The molecule has 5 nitrogen and oxygen atoms in total. The largest absolute Gasteiger partial charge is 0.468 e. The summed E-state index contributed by atoms with van der Waals surface area (Å²) in [6.45, 7) is 0. The first-order valence-electron chi connectivity index (χ1n) is 8.15. The SMILES string of the molecule is COC(=O)C1(C(=O)OC)C[C@@H](c2ccccc2)O[C@H]1c1ccc(Cl)cc1. The minimum Gasteiger partial charge on any atom is -0.468 e. The molecule has 3 rings (SSSR count). The molecule has 0 saturated carbocycles. The predicted octanol–water partition coefficient (Wildman–Crippen LogP) is 3.88. The number of benzene rings is 2. The van der Waals surface area contributed by atoms with Crippen LogP contribution in [0, 0.1) is 5.41 Å². The van der Waals surface area contributed by atoms with Crippen molar-refractivity contribution in [2.24, 2.45) is 5.41 Å². The van der Waals surface area contributed by atoms with Crippen LogP contribution in [0.2, 0.25) is 5.02 Å². The van der Waals surface area contributed by atoms with Crippen molar-refractivity contribution >= 4 is 23.5 Å². The lowest BCUT2D eigenvalue weighted by molar-refractivity contribution is -0.173. The molecule has 0 unspecified atom stereocenters. The topological polar surface area (TPSA) is 61.8 Å². The molecule has 0 bridgehead atoms. The minimum absolute atomic E-state index is 0.129. The number of carbonyl (C=O) groups excluding carboxylic acids is 2. The second-order valence-electron chi connectivity index (χ2n) is 6.13. The summed E-state index contributed by atoms with van der Waals surface area (Å²) in [7, 11) is 2.50. The molecule has 6 heteroatoms. The second-order valence-corrected chi connectivity index (χ2v) is 6.56. The predicted molar refractivity (Wildman–Crippen MR) is 95.5 cm³/mol. The maximum absolute atomic E-state index is 12.7. The Labute approximate surface area is 156 Å². The van der Waals surface area contributed by atoms with Crippen molar-refractivity contribution in [3.8, 4) is 0 Å². The van der Waals surface area contributed by atoms with E-state index >= 15 is 0 Å². The van der Waals surface area contributed by atoms with Crippen molar-refractivity contribution in [1.29, 1.82) is 0 Å². The van der Waals surface area contributed by atoms with Gasteiger partial charge in [0.1, 0.15) is 6.10 Å². The summed E-state index contributed by atoms with van der Waals surface area (Å²) < 4.78 is 16.1. The number of halogens is 1. The number of ether oxygens (including phenoxy) is 3. The van der Waals surface area contributed by atoms with E-state index in [0.717, 1.165) is 5.56 Å². The minimum atomic E-state index is -1.59. The molecular weight excluding hydrogens is 356 g/mol. The van der Waals surface area contributed by atoms with Crippen LogP contribution in [-0.2, 0) is 23.8 Å². The summed E-state index contributed by atoms with van der Waals surface area (Å²) in [5, 5.41) is 0.549. The molecule has 0 amide bonds. The van der Waals surface area contributed by atoms with Gasteiger partial charge in [0, 0.05) is 11.4 Å². The van der Waals surface area contributed by atoms with Gasteiger partial charge >= 0.3 is 11.9 Å². The van der Waals surface area contributed by atoms with E-state index in [0.29, 0.717) is 10.6 Å². The molecule has 26 heavy (non-hydrogen) atoms. The Morgan fingerprint density at radius 3 is 2.08 bits per heavy atom. The summed E-state index contributed by atoms with van der Waals surface area (Å²) in [6.07, 6.45) is -1.16. The molecule has 0 aliphatic carbocycles. The van der Waals surface area contributed by atoms with Gasteiger partial charge in [-0.25, -0.2) is 0 Å². The monoisotopic (exact) mass is 374 g/mol. The summed E-state index contributed by atoms with van der Waals surface area (Å²) in [4.78, 5) is 25.5. The standard InChI is InChI=1S/C20H19ClO5/c1-24-18(22)20(19(23)25-2)12-16(13-6-4-3-5-7-13)26-17(20)14-8-10-15(21)11-9-14/h3-11,16-17H,12H2,1-2H3/t16-,17-/m0/s1. The van der Waals surface area contributed by atoms with E-state index in [1.807, 2.05) is 30.3 Å². The molecule has 2 aromatic rings. The average Bonchev–Trinajstić information content (AvgIpc) is 3.10. The average molecular weight is 375 g/mol. The maximum Gasteiger partial charge on any atom is 0.326 e. The van der Waals surface area contributed by atoms with E-state index in [2.05, 4.69) is 0 Å². The first-order valence-corrected chi connectivity index (χ1v) is 8.53. The van der Waals surface area contributed by atoms with Crippen LogP contribution in [0.3, 0.4) is 0 Å². The molecule has 136 valence electrons. The third kappa shape index (κ3) is 3.08. The van der Waals surface area contributed by atoms with Gasteiger partial charge in [0.15, 0.2) is 5.41 Å². The zero-order valence-electron chi connectivity index (χ0n) is 14.5. The Bertz CT molecular complexity index is 772. The number of methoxy groups -OCH3 is 2. The van der Waals surface area contributed by atoms with Gasteiger partial charge in [-0.2, -0.15) is 0 Å². The summed E-state index contributed by atoms with van der Waals surface area (Å²) in [6, 6.07) is 16.3. The highest BCUT2D eigenvalue weighted by atomic mass is 35.5. The normalized spacial score (nSPS) is 21.2. The van der Waals surface area contributed by atoms with Crippen LogP contribution in [0.15, 0.2) is 54.6 Å². The lowest BCUT2D eigenvalue weighted by atomic mass is 9.76. The van der Waals surface area contributed by atoms with E-state index in [9.17, 15) is 9.59 Å². The van der Waals surface area contributed by atoms with Gasteiger partial charge in [0.05, 0.1) is 20.3 Å². The van der Waals surface area contributed by atoms with Crippen molar-refractivity contribution in [3.63, 3.8) is 0 Å². The van der Waals surface area contributed by atoms with Crippen LogP contribution < -0.4 is 0 Å². The number of rotatable bonds is 4. The smallest absolute Gasteiger partial charge is 0.326 e. The number of hydrogen-bond donors (Lipinski definition) is 0. The molecule has 1 fully saturated rings. The highest BCUT2D eigenvalue weighted by molar-refractivity contribution is 6.30. The van der Waals surface area contributed by atoms with Gasteiger partial charge in [-0.05, 0) is 23.3 Å². The van der Waals surface area contributed by atoms with Gasteiger partial charge in [-0.3, -0.25) is 9.59 Å². The molecule has 2 atom stereocenters. The van der Waals surface area contributed by atoms with Crippen molar-refractivity contribution in [2.45, 2.75) is 18.6 Å². The molecule has 0 spiro atoms. The van der Waals surface area contributed by atoms with Gasteiger partial charge in [-0.1, -0.05) is 54.1 Å². The summed E-state index contributed by atoms with van der Waals surface area (Å²) in [5.41, 5.74) is -0.0533. The molecule has 0 aromatic heterocycles. The fourth-order valence-electron chi connectivity index (χ4n) is 3.42. The summed E-state index contributed by atoms with van der Waals surface area (Å²) in [5.74, 6) is -1.36. The molecule has 1 aliphatic heterocycles. The van der Waals surface area contributed by atoms with Crippen LogP contribution in [0.1, 0.15) is 29.8 Å². The first kappa shape index (κ1) is 18.4. The second kappa shape index (κ2) is 7.48. The Balaban J connectivity index is 2.11. The fraction of sp³-hybridized carbons (Fsp3) is 0.300. The first-order chi connectivity index (χ1) is 12.5. The number of esters is 2. The van der Waals surface area contributed by atoms with E-state index < -0.39 is 29.6 Å². The molecule has 0 radical (unpaired) electrons. The van der Waals surface area contributed by atoms with Gasteiger partial charge in [0.2, 0.25) is 0 Å². The van der Waals surface area contributed by atoms with Crippen molar-refractivity contribution in [2.75, 3.05) is 14.2 Å². The Morgan fingerprint density at radius 1 is 0.962 bits per heavy atom. The van der Waals surface area contributed by atoms with E-state index in [-0.39, 0.29) is 6.42 Å². The maximum atomic E-state index is 12.7. The highest BCUT2D eigenvalue weighted by Crippen LogP contribution is 2.54. The zero-order valence-corrected chi connectivity index (χ0v) is 15.2. The van der Waals surface area contributed by atoms with Gasteiger partial charge in [0.25, 0.3) is 0 Å². The number of carbonyl (C=O) groups is 2. The third-order valence-corrected chi connectivity index (χ3v) is 4.95. The van der Waals surface area contributed by atoms with Crippen molar-refractivity contribution in [1.82, 2.24) is 0 Å². The molecule has 0 N–H and O–H groups in total. The fourth-order valence-corrected chi connectivity index (χ4v) is 3.55. The molecule has 1 heterocycles. The van der Waals surface area contributed by atoms with Crippen LogP contribution in [0.25, 0.3) is 0 Å². The molecule has 2 aromatic carbocycles. The molecule has 1 saturated heterocycles. The van der Waals surface area contributed by atoms with Crippen LogP contribution in [0.5, 0.6) is 0 Å². The van der Waals surface area contributed by atoms with Crippen LogP contribution in [0.4, 0.5) is 0 Å². The Hall–Kier alpha value is -2.37. The zero-order chi connectivity index (χ0) is 18.7. The molecular formula is C20H19ClO5. The number of hydrogen-bond acceptors (Lipinski definition) is 5. The summed E-state index contributed by atoms with van der Waals surface area (Å²) >= 11 is 5.97. The Kier molecular flexibility index (Phi) is 5.30. The van der Waals surface area contributed by atoms with Crippen LogP contribution in [-0.4, -0.2) is 26.2 Å². The highest BCUT2D eigenvalue weighted by Gasteiger charge is 2.62. The van der Waals surface area contributed by atoms with Gasteiger partial charge < -0.3 is 14.2 Å². The van der Waals surface area contributed by atoms with Crippen molar-refractivity contribution in [3.05, 3.63) is 70.7 Å².